The second kappa shape index (κ2) is 6.85. The second-order valence-electron chi connectivity index (χ2n) is 4.22. The van der Waals surface area contributed by atoms with Gasteiger partial charge in [0.05, 0.1) is 12.0 Å². The number of carbonyl (C=O) groups is 3. The van der Waals surface area contributed by atoms with Crippen LogP contribution in [-0.2, 0) is 14.4 Å². The minimum Gasteiger partial charge on any atom is -0.548 e. The summed E-state index contributed by atoms with van der Waals surface area (Å²) < 4.78 is 1.92. The maximum atomic E-state index is 11.6. The van der Waals surface area contributed by atoms with E-state index in [1.165, 1.54) is 21.8 Å². The maximum Gasteiger partial charge on any atom is 0.230 e. The van der Waals surface area contributed by atoms with E-state index >= 15 is 0 Å². The van der Waals surface area contributed by atoms with Crippen LogP contribution in [-0.4, -0.2) is 45.3 Å². The minimum absolute atomic E-state index is 0.0834. The molecule has 0 bridgehead atoms. The number of amides is 2. The fourth-order valence-corrected chi connectivity index (χ4v) is 4.04. The van der Waals surface area contributed by atoms with Gasteiger partial charge in [-0.3, -0.25) is 14.5 Å². The first-order valence-corrected chi connectivity index (χ1v) is 8.32. The van der Waals surface area contributed by atoms with Gasteiger partial charge in [0.25, 0.3) is 0 Å². The molecule has 0 radical (unpaired) electrons. The minimum atomic E-state index is -1.39. The van der Waals surface area contributed by atoms with E-state index in [2.05, 4.69) is 0 Å². The third-order valence-electron chi connectivity index (χ3n) is 2.83. The van der Waals surface area contributed by atoms with Gasteiger partial charge < -0.3 is 14.2 Å². The molecule has 0 aromatic carbocycles. The topological polar surface area (TPSA) is 80.8 Å². The predicted octanol–water partition coefficient (Wildman–Crippen LogP) is -0.0642. The third-order valence-corrected chi connectivity index (χ3v) is 5.15. The van der Waals surface area contributed by atoms with Gasteiger partial charge in [0.1, 0.15) is 0 Å². The Kier molecular flexibility index (Phi) is 5.13. The first kappa shape index (κ1) is 15.0. The number of likely N-dealkylation sites (tertiary alicyclic amines) is 1. The van der Waals surface area contributed by atoms with E-state index in [9.17, 15) is 19.5 Å². The molecule has 2 aliphatic heterocycles. The quantitative estimate of drug-likeness (QED) is 0.386. The molecule has 2 amide bonds. The van der Waals surface area contributed by atoms with Crippen LogP contribution < -0.4 is 5.11 Å². The average Bonchev–Trinajstić information content (AvgIpc) is 2.76. The van der Waals surface area contributed by atoms with Crippen LogP contribution in [0.25, 0.3) is 0 Å². The van der Waals surface area contributed by atoms with Gasteiger partial charge >= 0.3 is 0 Å². The molecular formula is C12H13N2O4S2-. The molecule has 8 heteroatoms. The summed E-state index contributed by atoms with van der Waals surface area (Å²) >= 11 is 0. The highest BCUT2D eigenvalue weighted by Crippen LogP contribution is 2.29. The summed E-state index contributed by atoms with van der Waals surface area (Å²) in [5, 5.41) is 11.1. The molecule has 0 saturated carbocycles. The van der Waals surface area contributed by atoms with Crippen molar-refractivity contribution < 1.29 is 19.5 Å². The van der Waals surface area contributed by atoms with Gasteiger partial charge in [-0.25, -0.2) is 0 Å². The van der Waals surface area contributed by atoms with Crippen LogP contribution >= 0.6 is 21.8 Å². The first-order chi connectivity index (χ1) is 9.59. The largest absolute Gasteiger partial charge is 0.548 e. The van der Waals surface area contributed by atoms with Crippen molar-refractivity contribution in [3.8, 4) is 0 Å². The second-order valence-corrected chi connectivity index (χ2v) is 6.56. The lowest BCUT2D eigenvalue weighted by Crippen LogP contribution is -2.51. The number of carboxylic acids is 1. The Morgan fingerprint density at radius 1 is 1.30 bits per heavy atom. The molecule has 1 atom stereocenters. The van der Waals surface area contributed by atoms with Crippen molar-refractivity contribution in [2.45, 2.75) is 18.9 Å². The highest BCUT2D eigenvalue weighted by atomic mass is 33.1. The number of carbonyl (C=O) groups excluding carboxylic acids is 3. The molecule has 0 spiro atoms. The molecule has 1 unspecified atom stereocenters. The number of aliphatic carboxylic acids is 1. The fourth-order valence-electron chi connectivity index (χ4n) is 1.86. The standard InChI is InChI=1S/C12H14N2O4S2/c15-10-4-5-11(16)14(10)9(12(17)18)8-19-20-13-6-2-1-3-7-13/h1-3,6,9H,4-5,7-8H2,(H,17,18)/p-1. The lowest BCUT2D eigenvalue weighted by Gasteiger charge is -2.27. The molecule has 0 aromatic rings. The number of hydrogen-bond acceptors (Lipinski definition) is 7. The summed E-state index contributed by atoms with van der Waals surface area (Å²) in [6.07, 6.45) is 7.81. The SMILES string of the molecule is O=C([O-])C(CSSN1C=CC=CC1)N1C(=O)CCC1=O. The summed E-state index contributed by atoms with van der Waals surface area (Å²) in [6.45, 7) is 0.728. The normalized spacial score (nSPS) is 19.8. The molecular weight excluding hydrogens is 300 g/mol. The Labute approximate surface area is 124 Å². The van der Waals surface area contributed by atoms with E-state index in [1.807, 2.05) is 28.7 Å². The van der Waals surface area contributed by atoms with Crippen molar-refractivity contribution in [3.05, 3.63) is 24.4 Å². The lowest BCUT2D eigenvalue weighted by molar-refractivity contribution is -0.310. The fraction of sp³-hybridized carbons (Fsp3) is 0.417. The Morgan fingerprint density at radius 3 is 2.55 bits per heavy atom. The van der Waals surface area contributed by atoms with Crippen molar-refractivity contribution >= 4 is 39.6 Å². The van der Waals surface area contributed by atoms with E-state index in [-0.39, 0.29) is 18.6 Å². The molecule has 2 rings (SSSR count). The van der Waals surface area contributed by atoms with E-state index in [1.54, 1.807) is 0 Å². The van der Waals surface area contributed by atoms with Gasteiger partial charge in [0.15, 0.2) is 0 Å². The van der Waals surface area contributed by atoms with Crippen LogP contribution in [0.1, 0.15) is 12.8 Å². The number of hydrogen-bond donors (Lipinski definition) is 0. The molecule has 6 nitrogen and oxygen atoms in total. The summed E-state index contributed by atoms with van der Waals surface area (Å²) in [6, 6.07) is -1.20. The van der Waals surface area contributed by atoms with Crippen molar-refractivity contribution in [2.75, 3.05) is 12.3 Å². The highest BCUT2D eigenvalue weighted by Gasteiger charge is 2.35. The van der Waals surface area contributed by atoms with Crippen LogP contribution in [0.15, 0.2) is 24.4 Å². The molecule has 108 valence electrons. The third kappa shape index (κ3) is 3.57. The van der Waals surface area contributed by atoms with Gasteiger partial charge in [-0.15, -0.1) is 0 Å². The Bertz CT molecular complexity index is 462. The average molecular weight is 313 g/mol. The van der Waals surface area contributed by atoms with E-state index < -0.39 is 23.8 Å². The van der Waals surface area contributed by atoms with Crippen molar-refractivity contribution in [1.82, 2.24) is 9.21 Å². The summed E-state index contributed by atoms with van der Waals surface area (Å²) in [5.74, 6) is -2.15. The number of imide groups is 1. The smallest absolute Gasteiger partial charge is 0.230 e. The van der Waals surface area contributed by atoms with Crippen molar-refractivity contribution in [1.29, 1.82) is 0 Å². The zero-order valence-corrected chi connectivity index (χ0v) is 12.2. The molecule has 0 aliphatic carbocycles. The van der Waals surface area contributed by atoms with Gasteiger partial charge in [-0.05, 0) is 6.08 Å². The summed E-state index contributed by atoms with van der Waals surface area (Å²) in [5.41, 5.74) is 0. The Hall–Kier alpha value is -1.41. The van der Waals surface area contributed by atoms with E-state index in [0.29, 0.717) is 0 Å². The molecule has 20 heavy (non-hydrogen) atoms. The number of allylic oxidation sites excluding steroid dienone is 2. The molecule has 2 heterocycles. The number of carboxylic acid groups (broad SMARTS) is 1. The monoisotopic (exact) mass is 313 g/mol. The molecule has 0 N–H and O–H groups in total. The summed E-state index contributed by atoms with van der Waals surface area (Å²) in [4.78, 5) is 35.1. The Morgan fingerprint density at radius 2 is 2.00 bits per heavy atom. The number of rotatable bonds is 6. The number of nitrogens with zero attached hydrogens (tertiary/aromatic N) is 2. The molecule has 1 fully saturated rings. The predicted molar refractivity (Wildman–Crippen MR) is 74.9 cm³/mol. The van der Waals surface area contributed by atoms with Gasteiger partial charge in [0, 0.05) is 42.3 Å². The molecule has 2 aliphatic rings. The Balaban J connectivity index is 1.88. The maximum absolute atomic E-state index is 11.6. The van der Waals surface area contributed by atoms with E-state index in [4.69, 9.17) is 0 Å². The highest BCUT2D eigenvalue weighted by molar-refractivity contribution is 8.75. The zero-order chi connectivity index (χ0) is 14.5. The lowest BCUT2D eigenvalue weighted by atomic mass is 10.3. The first-order valence-electron chi connectivity index (χ1n) is 6.05. The van der Waals surface area contributed by atoms with Gasteiger partial charge in [-0.2, -0.15) is 0 Å². The van der Waals surface area contributed by atoms with Gasteiger partial charge in [-0.1, -0.05) is 22.9 Å². The van der Waals surface area contributed by atoms with Crippen molar-refractivity contribution in [2.24, 2.45) is 0 Å². The van der Waals surface area contributed by atoms with Gasteiger partial charge in [0.2, 0.25) is 11.8 Å². The van der Waals surface area contributed by atoms with Crippen LogP contribution in [0.4, 0.5) is 0 Å². The van der Waals surface area contributed by atoms with Crippen LogP contribution in [0, 0.1) is 0 Å². The van der Waals surface area contributed by atoms with Crippen molar-refractivity contribution in [3.63, 3.8) is 0 Å². The molecule has 1 saturated heterocycles. The van der Waals surface area contributed by atoms with Crippen LogP contribution in [0.5, 0.6) is 0 Å². The summed E-state index contributed by atoms with van der Waals surface area (Å²) in [7, 11) is 2.65. The molecule has 0 aromatic heterocycles. The van der Waals surface area contributed by atoms with Crippen LogP contribution in [0.3, 0.4) is 0 Å². The van der Waals surface area contributed by atoms with E-state index in [0.717, 1.165) is 11.4 Å². The zero-order valence-electron chi connectivity index (χ0n) is 10.6. The van der Waals surface area contributed by atoms with Crippen LogP contribution in [0.2, 0.25) is 0 Å².